The molecule has 1 heterocycles. The lowest BCUT2D eigenvalue weighted by Gasteiger charge is -2.32. The average molecular weight is 350 g/mol. The minimum absolute atomic E-state index is 0.165. The standard InChI is InChI=1S/C21H22N2OS/c1-15-14-25-20(22-15)23-19(24)21(12-13-21)18(16-8-4-2-5-9-16)17-10-6-3-7-11-17/h2-11,14,18-19,24H,12-13H2,1H3,(H,22,23). The van der Waals surface area contributed by atoms with Gasteiger partial charge in [0.15, 0.2) is 5.13 Å². The first-order valence-corrected chi connectivity index (χ1v) is 9.54. The normalized spacial score (nSPS) is 16.6. The van der Waals surface area contributed by atoms with E-state index in [0.717, 1.165) is 23.7 Å². The van der Waals surface area contributed by atoms with E-state index >= 15 is 0 Å². The van der Waals surface area contributed by atoms with Crippen molar-refractivity contribution in [1.82, 2.24) is 4.98 Å². The van der Waals surface area contributed by atoms with Crippen LogP contribution < -0.4 is 5.32 Å². The number of anilines is 1. The van der Waals surface area contributed by atoms with Crippen LogP contribution in [0.2, 0.25) is 0 Å². The molecule has 1 aliphatic rings. The van der Waals surface area contributed by atoms with Crippen LogP contribution in [-0.2, 0) is 0 Å². The first kappa shape index (κ1) is 16.3. The fraction of sp³-hybridized carbons (Fsp3) is 0.286. The second-order valence-corrected chi connectivity index (χ2v) is 7.69. The summed E-state index contributed by atoms with van der Waals surface area (Å²) in [5.41, 5.74) is 3.29. The zero-order chi connectivity index (χ0) is 17.3. The maximum absolute atomic E-state index is 11.1. The second kappa shape index (κ2) is 6.62. The molecular formula is C21H22N2OS. The van der Waals surface area contributed by atoms with Gasteiger partial charge in [0, 0.05) is 16.7 Å². The summed E-state index contributed by atoms with van der Waals surface area (Å²) in [6, 6.07) is 21.0. The molecule has 1 atom stereocenters. The lowest BCUT2D eigenvalue weighted by Crippen LogP contribution is -2.35. The van der Waals surface area contributed by atoms with Crippen molar-refractivity contribution in [2.45, 2.75) is 31.9 Å². The SMILES string of the molecule is Cc1csc(NC(O)C2(C(c3ccccc3)c3ccccc3)CC2)n1. The molecule has 0 amide bonds. The van der Waals surface area contributed by atoms with Crippen molar-refractivity contribution < 1.29 is 5.11 Å². The largest absolute Gasteiger partial charge is 0.373 e. The number of nitrogens with one attached hydrogen (secondary N) is 1. The molecule has 1 aromatic heterocycles. The Kier molecular flexibility index (Phi) is 4.32. The summed E-state index contributed by atoms with van der Waals surface area (Å²) in [7, 11) is 0. The summed E-state index contributed by atoms with van der Waals surface area (Å²) < 4.78 is 0. The highest BCUT2D eigenvalue weighted by atomic mass is 32.1. The summed E-state index contributed by atoms with van der Waals surface area (Å²) in [6.45, 7) is 1.97. The molecule has 2 N–H and O–H groups in total. The molecular weight excluding hydrogens is 328 g/mol. The summed E-state index contributed by atoms with van der Waals surface area (Å²) in [6.07, 6.45) is 1.38. The summed E-state index contributed by atoms with van der Waals surface area (Å²) in [5.74, 6) is 0.165. The number of aliphatic hydroxyl groups is 1. The maximum Gasteiger partial charge on any atom is 0.184 e. The van der Waals surface area contributed by atoms with E-state index in [-0.39, 0.29) is 11.3 Å². The van der Waals surface area contributed by atoms with Crippen LogP contribution in [0, 0.1) is 12.3 Å². The van der Waals surface area contributed by atoms with E-state index in [2.05, 4.69) is 58.8 Å². The molecule has 0 saturated heterocycles. The average Bonchev–Trinajstić information content (AvgIpc) is 3.33. The van der Waals surface area contributed by atoms with Gasteiger partial charge in [-0.2, -0.15) is 0 Å². The minimum Gasteiger partial charge on any atom is -0.373 e. The molecule has 128 valence electrons. The van der Waals surface area contributed by atoms with E-state index in [4.69, 9.17) is 0 Å². The van der Waals surface area contributed by atoms with E-state index in [1.165, 1.54) is 11.1 Å². The molecule has 25 heavy (non-hydrogen) atoms. The van der Waals surface area contributed by atoms with Gasteiger partial charge in [0.05, 0.1) is 5.69 Å². The molecule has 3 nitrogen and oxygen atoms in total. The van der Waals surface area contributed by atoms with Crippen LogP contribution in [-0.4, -0.2) is 16.3 Å². The third-order valence-corrected chi connectivity index (χ3v) is 5.98. The molecule has 4 rings (SSSR count). The molecule has 0 radical (unpaired) electrons. The number of aliphatic hydroxyl groups excluding tert-OH is 1. The fourth-order valence-electron chi connectivity index (χ4n) is 3.69. The zero-order valence-electron chi connectivity index (χ0n) is 14.2. The molecule has 1 fully saturated rings. The molecule has 0 bridgehead atoms. The lowest BCUT2D eigenvalue weighted by atomic mass is 9.77. The Morgan fingerprint density at radius 3 is 2.00 bits per heavy atom. The number of aromatic nitrogens is 1. The molecule has 0 aliphatic heterocycles. The van der Waals surface area contributed by atoms with Crippen LogP contribution in [0.15, 0.2) is 66.0 Å². The van der Waals surface area contributed by atoms with E-state index in [0.29, 0.717) is 0 Å². The fourth-order valence-corrected chi connectivity index (χ4v) is 4.40. The minimum atomic E-state index is -0.622. The van der Waals surface area contributed by atoms with Crippen LogP contribution in [0.5, 0.6) is 0 Å². The van der Waals surface area contributed by atoms with E-state index in [1.807, 2.05) is 24.4 Å². The lowest BCUT2D eigenvalue weighted by molar-refractivity contribution is 0.108. The third-order valence-electron chi connectivity index (χ3n) is 5.09. The van der Waals surface area contributed by atoms with Crippen molar-refractivity contribution in [2.75, 3.05) is 5.32 Å². The highest BCUT2D eigenvalue weighted by molar-refractivity contribution is 7.13. The second-order valence-electron chi connectivity index (χ2n) is 6.83. The predicted octanol–water partition coefficient (Wildman–Crippen LogP) is 4.79. The van der Waals surface area contributed by atoms with E-state index in [1.54, 1.807) is 11.3 Å². The van der Waals surface area contributed by atoms with Crippen LogP contribution in [0.3, 0.4) is 0 Å². The van der Waals surface area contributed by atoms with Crippen molar-refractivity contribution in [3.63, 3.8) is 0 Å². The summed E-state index contributed by atoms with van der Waals surface area (Å²) in [5, 5.41) is 17.1. The number of rotatable bonds is 6. The number of nitrogens with zero attached hydrogens (tertiary/aromatic N) is 1. The predicted molar refractivity (Wildman–Crippen MR) is 103 cm³/mol. The van der Waals surface area contributed by atoms with Gasteiger partial charge < -0.3 is 10.4 Å². The Balaban J connectivity index is 1.69. The van der Waals surface area contributed by atoms with Crippen molar-refractivity contribution >= 4 is 16.5 Å². The molecule has 1 unspecified atom stereocenters. The number of aryl methyl sites for hydroxylation is 1. The van der Waals surface area contributed by atoms with Crippen LogP contribution in [0.25, 0.3) is 0 Å². The van der Waals surface area contributed by atoms with Gasteiger partial charge in [-0.25, -0.2) is 4.98 Å². The Morgan fingerprint density at radius 2 is 1.56 bits per heavy atom. The van der Waals surface area contributed by atoms with Crippen molar-refractivity contribution in [1.29, 1.82) is 0 Å². The Hall–Kier alpha value is -2.17. The van der Waals surface area contributed by atoms with Crippen molar-refractivity contribution in [3.05, 3.63) is 82.9 Å². The number of thiazole rings is 1. The first-order chi connectivity index (χ1) is 12.2. The summed E-state index contributed by atoms with van der Waals surface area (Å²) in [4.78, 5) is 4.44. The highest BCUT2D eigenvalue weighted by Crippen LogP contribution is 2.60. The van der Waals surface area contributed by atoms with Gasteiger partial charge in [-0.3, -0.25) is 0 Å². The third kappa shape index (κ3) is 3.20. The molecule has 1 aliphatic carbocycles. The van der Waals surface area contributed by atoms with Gasteiger partial charge in [-0.1, -0.05) is 60.7 Å². The highest BCUT2D eigenvalue weighted by Gasteiger charge is 2.55. The number of hydrogen-bond donors (Lipinski definition) is 2. The molecule has 1 saturated carbocycles. The number of hydrogen-bond acceptors (Lipinski definition) is 4. The smallest absolute Gasteiger partial charge is 0.184 e. The molecule has 4 heteroatoms. The van der Waals surface area contributed by atoms with Gasteiger partial charge in [0.25, 0.3) is 0 Å². The van der Waals surface area contributed by atoms with Gasteiger partial charge in [-0.15, -0.1) is 11.3 Å². The van der Waals surface area contributed by atoms with Gasteiger partial charge in [0.1, 0.15) is 6.23 Å². The van der Waals surface area contributed by atoms with Crippen molar-refractivity contribution in [2.24, 2.45) is 5.41 Å². The monoisotopic (exact) mass is 350 g/mol. The molecule has 0 spiro atoms. The first-order valence-electron chi connectivity index (χ1n) is 8.66. The van der Waals surface area contributed by atoms with Crippen LogP contribution in [0.4, 0.5) is 5.13 Å². The van der Waals surface area contributed by atoms with Crippen molar-refractivity contribution in [3.8, 4) is 0 Å². The van der Waals surface area contributed by atoms with Crippen LogP contribution >= 0.6 is 11.3 Å². The maximum atomic E-state index is 11.1. The Morgan fingerprint density at radius 1 is 1.00 bits per heavy atom. The Labute approximate surface area is 152 Å². The van der Waals surface area contributed by atoms with Gasteiger partial charge >= 0.3 is 0 Å². The van der Waals surface area contributed by atoms with Gasteiger partial charge in [-0.05, 0) is 30.9 Å². The molecule has 2 aromatic carbocycles. The molecule has 3 aromatic rings. The van der Waals surface area contributed by atoms with Gasteiger partial charge in [0.2, 0.25) is 0 Å². The van der Waals surface area contributed by atoms with Crippen LogP contribution in [0.1, 0.15) is 35.6 Å². The zero-order valence-corrected chi connectivity index (χ0v) is 15.0. The quantitative estimate of drug-likeness (QED) is 0.628. The topological polar surface area (TPSA) is 45.1 Å². The van der Waals surface area contributed by atoms with E-state index in [9.17, 15) is 5.11 Å². The Bertz CT molecular complexity index is 788. The van der Waals surface area contributed by atoms with E-state index < -0.39 is 6.23 Å². The summed E-state index contributed by atoms with van der Waals surface area (Å²) >= 11 is 1.54. The number of benzene rings is 2.